The average Bonchev–Trinajstić information content (AvgIpc) is 2.60. The van der Waals surface area contributed by atoms with Gasteiger partial charge in [-0.25, -0.2) is 18.4 Å². The fraction of sp³-hybridized carbons (Fsp3) is 0.250. The lowest BCUT2D eigenvalue weighted by Gasteiger charge is -2.35. The van der Waals surface area contributed by atoms with Gasteiger partial charge in [0.2, 0.25) is 11.9 Å². The van der Waals surface area contributed by atoms with Crippen LogP contribution in [0.25, 0.3) is 11.4 Å². The molecule has 8 nitrogen and oxygen atoms in total. The van der Waals surface area contributed by atoms with Crippen molar-refractivity contribution in [2.24, 2.45) is 0 Å². The highest BCUT2D eigenvalue weighted by Gasteiger charge is 2.34. The second-order valence-corrected chi connectivity index (χ2v) is 8.47. The van der Waals surface area contributed by atoms with Gasteiger partial charge >= 0.3 is 0 Å². The quantitative estimate of drug-likeness (QED) is 0.779. The number of hydrogen-bond acceptors (Lipinski definition) is 7. The summed E-state index contributed by atoms with van der Waals surface area (Å²) in [6, 6.07) is 4.30. The fourth-order valence-corrected chi connectivity index (χ4v) is 4.58. The zero-order valence-corrected chi connectivity index (χ0v) is 15.2. The maximum Gasteiger partial charge on any atom is 0.246 e. The number of sulfone groups is 1. The number of hydrogen-bond donors (Lipinski definition) is 1. The lowest BCUT2D eigenvalue weighted by atomic mass is 10.0. The minimum Gasteiger partial charge on any atom is -0.368 e. The summed E-state index contributed by atoms with van der Waals surface area (Å²) in [5.74, 6) is -0.246. The molecule has 1 aromatic carbocycles. The Morgan fingerprint density at radius 2 is 2.12 bits per heavy atom. The summed E-state index contributed by atoms with van der Waals surface area (Å²) in [5, 5.41) is 0.366. The van der Waals surface area contributed by atoms with Gasteiger partial charge in [-0.2, -0.15) is 4.98 Å². The molecular weight excluding hydrogens is 378 g/mol. The SMILES string of the molecule is C=CC(=O)N1CCS(=O)(=O)CC1c1cc(Cl)cc(-c2ncnc(N)n2)c1. The smallest absolute Gasteiger partial charge is 0.246 e. The number of carbonyl (C=O) groups is 1. The van der Waals surface area contributed by atoms with Gasteiger partial charge in [-0.15, -0.1) is 0 Å². The number of anilines is 1. The van der Waals surface area contributed by atoms with Crippen molar-refractivity contribution in [1.82, 2.24) is 19.9 Å². The van der Waals surface area contributed by atoms with Gasteiger partial charge in [-0.3, -0.25) is 4.79 Å². The zero-order chi connectivity index (χ0) is 18.9. The van der Waals surface area contributed by atoms with E-state index in [-0.39, 0.29) is 29.9 Å². The molecule has 2 N–H and O–H groups in total. The van der Waals surface area contributed by atoms with Crippen molar-refractivity contribution in [3.63, 3.8) is 0 Å². The topological polar surface area (TPSA) is 119 Å². The van der Waals surface area contributed by atoms with Crippen LogP contribution in [0.3, 0.4) is 0 Å². The number of halogens is 1. The lowest BCUT2D eigenvalue weighted by molar-refractivity contribution is -0.127. The Balaban J connectivity index is 2.08. The second kappa shape index (κ2) is 7.00. The first-order chi connectivity index (χ1) is 12.3. The Kier molecular flexibility index (Phi) is 4.92. The molecule has 0 bridgehead atoms. The molecule has 2 heterocycles. The third-order valence-electron chi connectivity index (χ3n) is 4.04. The molecule has 136 valence electrons. The number of benzene rings is 1. The zero-order valence-electron chi connectivity index (χ0n) is 13.7. The van der Waals surface area contributed by atoms with Crippen LogP contribution in [0.5, 0.6) is 0 Å². The highest BCUT2D eigenvalue weighted by Crippen LogP contribution is 2.32. The Labute approximate surface area is 155 Å². The largest absolute Gasteiger partial charge is 0.368 e. The second-order valence-electron chi connectivity index (χ2n) is 5.81. The summed E-state index contributed by atoms with van der Waals surface area (Å²) in [4.78, 5) is 25.5. The number of aromatic nitrogens is 3. The van der Waals surface area contributed by atoms with E-state index in [0.29, 0.717) is 22.0 Å². The molecule has 26 heavy (non-hydrogen) atoms. The van der Waals surface area contributed by atoms with Crippen molar-refractivity contribution in [3.05, 3.63) is 47.8 Å². The number of nitrogen functional groups attached to an aromatic ring is 1. The van der Waals surface area contributed by atoms with Gasteiger partial charge in [0, 0.05) is 17.1 Å². The molecule has 1 fully saturated rings. The number of carbonyl (C=O) groups excluding carboxylic acids is 1. The van der Waals surface area contributed by atoms with E-state index in [2.05, 4.69) is 21.5 Å². The average molecular weight is 394 g/mol. The summed E-state index contributed by atoms with van der Waals surface area (Å²) < 4.78 is 24.3. The van der Waals surface area contributed by atoms with Crippen LogP contribution >= 0.6 is 11.6 Å². The molecule has 0 spiro atoms. The van der Waals surface area contributed by atoms with Crippen molar-refractivity contribution in [2.75, 3.05) is 23.8 Å². The molecular formula is C16H16ClN5O3S. The molecule has 1 atom stereocenters. The molecule has 1 aliphatic heterocycles. The van der Waals surface area contributed by atoms with Crippen molar-refractivity contribution < 1.29 is 13.2 Å². The van der Waals surface area contributed by atoms with Crippen LogP contribution in [0.2, 0.25) is 5.02 Å². The lowest BCUT2D eigenvalue weighted by Crippen LogP contribution is -2.45. The van der Waals surface area contributed by atoms with E-state index in [0.717, 1.165) is 0 Å². The van der Waals surface area contributed by atoms with Gasteiger partial charge in [-0.05, 0) is 29.8 Å². The van der Waals surface area contributed by atoms with Crippen LogP contribution in [-0.2, 0) is 14.6 Å². The predicted octanol–water partition coefficient (Wildman–Crippen LogP) is 1.26. The van der Waals surface area contributed by atoms with E-state index < -0.39 is 15.9 Å². The molecule has 1 aliphatic rings. The third kappa shape index (κ3) is 3.83. The molecule has 0 saturated carbocycles. The molecule has 1 saturated heterocycles. The van der Waals surface area contributed by atoms with Gasteiger partial charge in [-0.1, -0.05) is 18.2 Å². The van der Waals surface area contributed by atoms with E-state index in [1.54, 1.807) is 18.2 Å². The monoisotopic (exact) mass is 393 g/mol. The maximum absolute atomic E-state index is 12.2. The molecule has 1 aromatic heterocycles. The van der Waals surface area contributed by atoms with Crippen LogP contribution in [0, 0.1) is 0 Å². The third-order valence-corrected chi connectivity index (χ3v) is 5.89. The van der Waals surface area contributed by atoms with Crippen LogP contribution in [0.15, 0.2) is 37.2 Å². The van der Waals surface area contributed by atoms with Gasteiger partial charge in [0.25, 0.3) is 0 Å². The van der Waals surface area contributed by atoms with Crippen LogP contribution in [0.4, 0.5) is 5.95 Å². The Hall–Kier alpha value is -2.52. The molecule has 1 amide bonds. The fourth-order valence-electron chi connectivity index (χ4n) is 2.85. The van der Waals surface area contributed by atoms with Gasteiger partial charge < -0.3 is 10.6 Å². The van der Waals surface area contributed by atoms with E-state index in [1.807, 2.05) is 0 Å². The maximum atomic E-state index is 12.2. The Bertz CT molecular complexity index is 980. The number of rotatable bonds is 3. The van der Waals surface area contributed by atoms with Crippen molar-refractivity contribution in [2.45, 2.75) is 6.04 Å². The highest BCUT2D eigenvalue weighted by atomic mass is 35.5. The molecule has 2 aromatic rings. The van der Waals surface area contributed by atoms with Gasteiger partial charge in [0.1, 0.15) is 6.33 Å². The first-order valence-corrected chi connectivity index (χ1v) is 9.88. The highest BCUT2D eigenvalue weighted by molar-refractivity contribution is 7.91. The van der Waals surface area contributed by atoms with E-state index in [4.69, 9.17) is 17.3 Å². The summed E-state index contributed by atoms with van der Waals surface area (Å²) in [6.07, 6.45) is 2.44. The number of nitrogens with zero attached hydrogens (tertiary/aromatic N) is 4. The number of nitrogens with two attached hydrogens (primary N) is 1. The van der Waals surface area contributed by atoms with Gasteiger partial charge in [0.05, 0.1) is 17.5 Å². The van der Waals surface area contributed by atoms with Gasteiger partial charge in [0.15, 0.2) is 15.7 Å². The summed E-state index contributed by atoms with van der Waals surface area (Å²) in [6.45, 7) is 3.58. The van der Waals surface area contributed by atoms with Crippen LogP contribution < -0.4 is 5.73 Å². The van der Waals surface area contributed by atoms with E-state index in [1.165, 1.54) is 17.3 Å². The molecule has 3 rings (SSSR count). The Morgan fingerprint density at radius 3 is 2.81 bits per heavy atom. The normalized spacial score (nSPS) is 19.1. The summed E-state index contributed by atoms with van der Waals surface area (Å²) >= 11 is 6.22. The molecule has 0 radical (unpaired) electrons. The number of amides is 1. The minimum atomic E-state index is -3.28. The molecule has 1 unspecified atom stereocenters. The van der Waals surface area contributed by atoms with Crippen molar-refractivity contribution in [3.8, 4) is 11.4 Å². The summed E-state index contributed by atoms with van der Waals surface area (Å²) in [5.41, 5.74) is 6.72. The van der Waals surface area contributed by atoms with Crippen molar-refractivity contribution in [1.29, 1.82) is 0 Å². The first kappa shape index (κ1) is 18.3. The van der Waals surface area contributed by atoms with Crippen LogP contribution in [-0.4, -0.2) is 52.2 Å². The standard InChI is InChI=1S/C16H16ClN5O3S/c1-2-14(23)22-3-4-26(24,25)8-13(22)10-5-11(7-12(17)6-10)15-19-9-20-16(18)21-15/h2,5-7,9,13H,1,3-4,8H2,(H2,18,19,20,21). The molecule has 0 aliphatic carbocycles. The first-order valence-electron chi connectivity index (χ1n) is 7.68. The summed E-state index contributed by atoms with van der Waals surface area (Å²) in [7, 11) is -3.28. The van der Waals surface area contributed by atoms with E-state index >= 15 is 0 Å². The Morgan fingerprint density at radius 1 is 1.35 bits per heavy atom. The predicted molar refractivity (Wildman–Crippen MR) is 98.0 cm³/mol. The van der Waals surface area contributed by atoms with Crippen LogP contribution in [0.1, 0.15) is 11.6 Å². The van der Waals surface area contributed by atoms with Crippen molar-refractivity contribution >= 4 is 33.3 Å². The minimum absolute atomic E-state index is 0.0558. The molecule has 10 heteroatoms. The van der Waals surface area contributed by atoms with E-state index in [9.17, 15) is 13.2 Å².